The van der Waals surface area contributed by atoms with Crippen LogP contribution in [0.2, 0.25) is 0 Å². The first kappa shape index (κ1) is 13.7. The first-order valence-electron chi connectivity index (χ1n) is 5.60. The molecular weight excluding hydrogens is 263 g/mol. The van der Waals surface area contributed by atoms with Gasteiger partial charge < -0.3 is 15.2 Å². The summed E-state index contributed by atoms with van der Waals surface area (Å²) in [5, 5.41) is 11.7. The third kappa shape index (κ3) is 3.17. The molecule has 19 heavy (non-hydrogen) atoms. The monoisotopic (exact) mass is 275 g/mol. The fourth-order valence-corrected chi connectivity index (χ4v) is 1.90. The standard InChI is InChI=1S/C12H12F3NO3/c13-12(14,15)8-2-1-3-9(4-8)19-11(5-10(17)18)6-16-7-11/h1-4,16H,5-7H2,(H,17,18). The van der Waals surface area contributed by atoms with Gasteiger partial charge in [0.2, 0.25) is 0 Å². The van der Waals surface area contributed by atoms with E-state index in [9.17, 15) is 18.0 Å². The van der Waals surface area contributed by atoms with Gasteiger partial charge in [-0.05, 0) is 18.2 Å². The highest BCUT2D eigenvalue weighted by Crippen LogP contribution is 2.33. The zero-order valence-corrected chi connectivity index (χ0v) is 9.83. The number of carboxylic acids is 1. The third-order valence-corrected chi connectivity index (χ3v) is 2.86. The van der Waals surface area contributed by atoms with Gasteiger partial charge in [0.1, 0.15) is 11.4 Å². The summed E-state index contributed by atoms with van der Waals surface area (Å²) in [6.45, 7) is 0.602. The smallest absolute Gasteiger partial charge is 0.416 e. The summed E-state index contributed by atoms with van der Waals surface area (Å²) < 4.78 is 43.1. The van der Waals surface area contributed by atoms with E-state index in [4.69, 9.17) is 9.84 Å². The number of carbonyl (C=O) groups is 1. The van der Waals surface area contributed by atoms with E-state index >= 15 is 0 Å². The zero-order valence-electron chi connectivity index (χ0n) is 9.83. The predicted molar refractivity (Wildman–Crippen MR) is 59.9 cm³/mol. The van der Waals surface area contributed by atoms with Gasteiger partial charge in [-0.1, -0.05) is 6.07 Å². The van der Waals surface area contributed by atoms with E-state index in [1.807, 2.05) is 0 Å². The number of halogens is 3. The van der Waals surface area contributed by atoms with E-state index in [0.717, 1.165) is 12.1 Å². The molecule has 4 nitrogen and oxygen atoms in total. The highest BCUT2D eigenvalue weighted by Gasteiger charge is 2.42. The molecule has 2 N–H and O–H groups in total. The van der Waals surface area contributed by atoms with Crippen molar-refractivity contribution in [3.63, 3.8) is 0 Å². The van der Waals surface area contributed by atoms with E-state index < -0.39 is 23.3 Å². The van der Waals surface area contributed by atoms with Gasteiger partial charge in [-0.3, -0.25) is 4.79 Å². The molecule has 7 heteroatoms. The number of alkyl halides is 3. The Kier molecular flexibility index (Phi) is 3.40. The van der Waals surface area contributed by atoms with Crippen LogP contribution in [0.1, 0.15) is 12.0 Å². The van der Waals surface area contributed by atoms with Crippen LogP contribution in [-0.4, -0.2) is 29.8 Å². The lowest BCUT2D eigenvalue weighted by Crippen LogP contribution is -2.64. The van der Waals surface area contributed by atoms with E-state index in [1.165, 1.54) is 12.1 Å². The molecule has 0 bridgehead atoms. The van der Waals surface area contributed by atoms with Gasteiger partial charge in [0.05, 0.1) is 12.0 Å². The molecule has 1 aliphatic heterocycles. The molecule has 0 radical (unpaired) electrons. The lowest BCUT2D eigenvalue weighted by molar-refractivity contribution is -0.144. The van der Waals surface area contributed by atoms with Gasteiger partial charge in [-0.15, -0.1) is 0 Å². The Morgan fingerprint density at radius 1 is 1.42 bits per heavy atom. The first-order valence-corrected chi connectivity index (χ1v) is 5.60. The Morgan fingerprint density at radius 3 is 2.58 bits per heavy atom. The number of hydrogen-bond acceptors (Lipinski definition) is 3. The Hall–Kier alpha value is -1.76. The summed E-state index contributed by atoms with van der Waals surface area (Å²) in [4.78, 5) is 10.7. The van der Waals surface area contributed by atoms with Crippen molar-refractivity contribution >= 4 is 5.97 Å². The first-order chi connectivity index (χ1) is 8.81. The molecule has 1 aromatic carbocycles. The van der Waals surface area contributed by atoms with Gasteiger partial charge in [-0.25, -0.2) is 0 Å². The minimum absolute atomic E-state index is 0.0255. The lowest BCUT2D eigenvalue weighted by Gasteiger charge is -2.41. The highest BCUT2D eigenvalue weighted by atomic mass is 19.4. The minimum Gasteiger partial charge on any atom is -0.484 e. The van der Waals surface area contributed by atoms with Crippen molar-refractivity contribution in [3.8, 4) is 5.75 Å². The number of nitrogens with one attached hydrogen (secondary N) is 1. The molecule has 0 atom stereocenters. The van der Waals surface area contributed by atoms with Crippen LogP contribution in [0.3, 0.4) is 0 Å². The number of rotatable bonds is 4. The Bertz CT molecular complexity index is 483. The van der Waals surface area contributed by atoms with Gasteiger partial charge in [0.15, 0.2) is 0 Å². The fraction of sp³-hybridized carbons (Fsp3) is 0.417. The molecule has 0 aromatic heterocycles. The SMILES string of the molecule is O=C(O)CC1(Oc2cccc(C(F)(F)F)c2)CNC1. The maximum absolute atomic E-state index is 12.5. The molecule has 2 rings (SSSR count). The summed E-state index contributed by atoms with van der Waals surface area (Å²) in [6, 6.07) is 4.44. The molecular formula is C12H12F3NO3. The van der Waals surface area contributed by atoms with Crippen LogP contribution in [0.25, 0.3) is 0 Å². The molecule has 1 heterocycles. The largest absolute Gasteiger partial charge is 0.484 e. The van der Waals surface area contributed by atoms with Crippen molar-refractivity contribution in [1.82, 2.24) is 5.32 Å². The molecule has 0 aliphatic carbocycles. The van der Waals surface area contributed by atoms with Crippen LogP contribution < -0.4 is 10.1 Å². The summed E-state index contributed by atoms with van der Waals surface area (Å²) in [6.07, 6.45) is -4.70. The molecule has 1 saturated heterocycles. The number of benzene rings is 1. The second kappa shape index (κ2) is 4.73. The summed E-state index contributed by atoms with van der Waals surface area (Å²) in [7, 11) is 0. The third-order valence-electron chi connectivity index (χ3n) is 2.86. The van der Waals surface area contributed by atoms with Gasteiger partial charge in [0, 0.05) is 13.1 Å². The molecule has 104 valence electrons. The van der Waals surface area contributed by atoms with Crippen LogP contribution >= 0.6 is 0 Å². The maximum Gasteiger partial charge on any atom is 0.416 e. The molecule has 1 aromatic rings. The molecule has 1 fully saturated rings. The average Bonchev–Trinajstić information content (AvgIpc) is 2.24. The zero-order chi connectivity index (χ0) is 14.1. The van der Waals surface area contributed by atoms with E-state index in [2.05, 4.69) is 5.32 Å². The maximum atomic E-state index is 12.5. The normalized spacial score (nSPS) is 17.6. The quantitative estimate of drug-likeness (QED) is 0.881. The van der Waals surface area contributed by atoms with E-state index in [0.29, 0.717) is 13.1 Å². The van der Waals surface area contributed by atoms with Gasteiger partial charge >= 0.3 is 12.1 Å². The fourth-order valence-electron chi connectivity index (χ4n) is 1.90. The van der Waals surface area contributed by atoms with Crippen molar-refractivity contribution in [2.45, 2.75) is 18.2 Å². The average molecular weight is 275 g/mol. The van der Waals surface area contributed by atoms with Crippen LogP contribution in [0.15, 0.2) is 24.3 Å². The summed E-state index contributed by atoms with van der Waals surface area (Å²) in [5.74, 6) is -1.02. The van der Waals surface area contributed by atoms with E-state index in [1.54, 1.807) is 0 Å². The topological polar surface area (TPSA) is 58.6 Å². The second-order valence-electron chi connectivity index (χ2n) is 4.48. The van der Waals surface area contributed by atoms with Crippen molar-refractivity contribution in [1.29, 1.82) is 0 Å². The van der Waals surface area contributed by atoms with Gasteiger partial charge in [-0.2, -0.15) is 13.2 Å². The number of hydrogen-bond donors (Lipinski definition) is 2. The van der Waals surface area contributed by atoms with Crippen molar-refractivity contribution in [2.75, 3.05) is 13.1 Å². The molecule has 0 amide bonds. The van der Waals surface area contributed by atoms with Crippen LogP contribution in [0.5, 0.6) is 5.75 Å². The number of aliphatic carboxylic acids is 1. The summed E-state index contributed by atoms with van der Waals surface area (Å²) in [5.41, 5.74) is -1.78. The number of carboxylic acid groups (broad SMARTS) is 1. The number of ether oxygens (including phenoxy) is 1. The van der Waals surface area contributed by atoms with Crippen molar-refractivity contribution in [3.05, 3.63) is 29.8 Å². The van der Waals surface area contributed by atoms with Crippen molar-refractivity contribution < 1.29 is 27.8 Å². The van der Waals surface area contributed by atoms with Crippen LogP contribution in [0, 0.1) is 0 Å². The molecule has 0 spiro atoms. The lowest BCUT2D eigenvalue weighted by atomic mass is 9.92. The summed E-state index contributed by atoms with van der Waals surface area (Å²) >= 11 is 0. The molecule has 1 aliphatic rings. The molecule has 0 saturated carbocycles. The predicted octanol–water partition coefficient (Wildman–Crippen LogP) is 1.90. The van der Waals surface area contributed by atoms with Crippen molar-refractivity contribution in [2.24, 2.45) is 0 Å². The van der Waals surface area contributed by atoms with E-state index in [-0.39, 0.29) is 12.2 Å². The Balaban J connectivity index is 2.16. The highest BCUT2D eigenvalue weighted by molar-refractivity contribution is 5.68. The van der Waals surface area contributed by atoms with Crippen LogP contribution in [0.4, 0.5) is 13.2 Å². The molecule has 0 unspecified atom stereocenters. The Morgan fingerprint density at radius 2 is 2.11 bits per heavy atom. The van der Waals surface area contributed by atoms with Gasteiger partial charge in [0.25, 0.3) is 0 Å². The Labute approximate surface area is 107 Å². The van der Waals surface area contributed by atoms with Crippen LogP contribution in [-0.2, 0) is 11.0 Å². The minimum atomic E-state index is -4.45. The second-order valence-corrected chi connectivity index (χ2v) is 4.48.